The van der Waals surface area contributed by atoms with Crippen molar-refractivity contribution in [3.8, 4) is 11.3 Å². The highest BCUT2D eigenvalue weighted by molar-refractivity contribution is 7.91. The molecule has 0 atom stereocenters. The Kier molecular flexibility index (Phi) is 4.26. The first-order valence-corrected chi connectivity index (χ1v) is 8.13. The van der Waals surface area contributed by atoms with Crippen molar-refractivity contribution in [2.24, 2.45) is 0 Å². The molecule has 0 radical (unpaired) electrons. The number of anilines is 1. The number of hydrogen-bond acceptors (Lipinski definition) is 4. The van der Waals surface area contributed by atoms with Gasteiger partial charge in [-0.3, -0.25) is 4.68 Å². The third-order valence-electron chi connectivity index (χ3n) is 3.05. The molecule has 0 aliphatic rings. The smallest absolute Gasteiger partial charge is 0.151 e. The second kappa shape index (κ2) is 5.80. The molecule has 1 aromatic heterocycles. The highest BCUT2D eigenvalue weighted by atomic mass is 32.2. The SMILES string of the molecule is CCS(=O)(=O)CCn1cc(N)c(-c2ccc(F)cc2F)n1. The summed E-state index contributed by atoms with van der Waals surface area (Å²) < 4.78 is 50.9. The van der Waals surface area contributed by atoms with Gasteiger partial charge in [0.1, 0.15) is 17.3 Å². The van der Waals surface area contributed by atoms with Crippen LogP contribution in [0.4, 0.5) is 14.5 Å². The number of hydrogen-bond donors (Lipinski definition) is 1. The topological polar surface area (TPSA) is 78.0 Å². The molecule has 114 valence electrons. The van der Waals surface area contributed by atoms with E-state index in [1.807, 2.05) is 0 Å². The summed E-state index contributed by atoms with van der Waals surface area (Å²) in [5, 5.41) is 4.07. The van der Waals surface area contributed by atoms with Crippen molar-refractivity contribution in [1.82, 2.24) is 9.78 Å². The van der Waals surface area contributed by atoms with Crippen LogP contribution >= 0.6 is 0 Å². The van der Waals surface area contributed by atoms with E-state index in [1.54, 1.807) is 6.92 Å². The summed E-state index contributed by atoms with van der Waals surface area (Å²) in [5.41, 5.74) is 6.21. The van der Waals surface area contributed by atoms with E-state index >= 15 is 0 Å². The fourth-order valence-corrected chi connectivity index (χ4v) is 2.57. The van der Waals surface area contributed by atoms with Crippen molar-refractivity contribution in [1.29, 1.82) is 0 Å². The maximum absolute atomic E-state index is 13.7. The average molecular weight is 315 g/mol. The monoisotopic (exact) mass is 315 g/mol. The minimum absolute atomic E-state index is 0.0448. The van der Waals surface area contributed by atoms with Crippen molar-refractivity contribution in [2.75, 3.05) is 17.2 Å². The van der Waals surface area contributed by atoms with Crippen LogP contribution < -0.4 is 5.73 Å². The van der Waals surface area contributed by atoms with Gasteiger partial charge >= 0.3 is 0 Å². The summed E-state index contributed by atoms with van der Waals surface area (Å²) in [6.45, 7) is 1.69. The second-order valence-electron chi connectivity index (χ2n) is 4.56. The summed E-state index contributed by atoms with van der Waals surface area (Å²) in [5.74, 6) is -1.49. The van der Waals surface area contributed by atoms with Crippen LogP contribution in [0.15, 0.2) is 24.4 Å². The maximum Gasteiger partial charge on any atom is 0.151 e. The van der Waals surface area contributed by atoms with Gasteiger partial charge in [0.25, 0.3) is 0 Å². The van der Waals surface area contributed by atoms with Crippen LogP contribution in [0.3, 0.4) is 0 Å². The van der Waals surface area contributed by atoms with E-state index in [0.29, 0.717) is 0 Å². The summed E-state index contributed by atoms with van der Waals surface area (Å²) in [4.78, 5) is 0. The third-order valence-corrected chi connectivity index (χ3v) is 4.73. The van der Waals surface area contributed by atoms with E-state index in [1.165, 1.54) is 16.9 Å². The fraction of sp³-hybridized carbons (Fsp3) is 0.308. The lowest BCUT2D eigenvalue weighted by Gasteiger charge is -2.02. The molecule has 0 bridgehead atoms. The molecule has 21 heavy (non-hydrogen) atoms. The Morgan fingerprint density at radius 1 is 1.33 bits per heavy atom. The van der Waals surface area contributed by atoms with Crippen LogP contribution in [0.25, 0.3) is 11.3 Å². The van der Waals surface area contributed by atoms with Gasteiger partial charge in [-0.05, 0) is 12.1 Å². The van der Waals surface area contributed by atoms with E-state index < -0.39 is 21.5 Å². The van der Waals surface area contributed by atoms with Gasteiger partial charge in [0, 0.05) is 23.6 Å². The zero-order valence-electron chi connectivity index (χ0n) is 11.4. The Morgan fingerprint density at radius 2 is 2.05 bits per heavy atom. The Labute approximate surface area is 121 Å². The highest BCUT2D eigenvalue weighted by Crippen LogP contribution is 2.27. The summed E-state index contributed by atoms with van der Waals surface area (Å²) >= 11 is 0. The number of benzene rings is 1. The van der Waals surface area contributed by atoms with Crippen molar-refractivity contribution in [3.63, 3.8) is 0 Å². The van der Waals surface area contributed by atoms with E-state index in [0.717, 1.165) is 12.1 Å². The van der Waals surface area contributed by atoms with Gasteiger partial charge in [0.15, 0.2) is 9.84 Å². The standard InChI is InChI=1S/C13H15F2N3O2S/c1-2-21(19,20)6-5-18-8-12(16)13(17-18)10-4-3-9(14)7-11(10)15/h3-4,7-8H,2,5-6,16H2,1H3. The lowest BCUT2D eigenvalue weighted by molar-refractivity contribution is 0.579. The van der Waals surface area contributed by atoms with Gasteiger partial charge in [0.2, 0.25) is 0 Å². The molecule has 0 aliphatic carbocycles. The van der Waals surface area contributed by atoms with Crippen LogP contribution in [0.1, 0.15) is 6.92 Å². The Morgan fingerprint density at radius 3 is 2.67 bits per heavy atom. The summed E-state index contributed by atoms with van der Waals surface area (Å²) in [6, 6.07) is 3.10. The molecule has 2 aromatic rings. The van der Waals surface area contributed by atoms with Gasteiger partial charge in [-0.1, -0.05) is 6.92 Å². The molecule has 2 rings (SSSR count). The fourth-order valence-electron chi connectivity index (χ4n) is 1.82. The molecule has 8 heteroatoms. The van der Waals surface area contributed by atoms with E-state index in [4.69, 9.17) is 5.73 Å². The Hall–Kier alpha value is -1.96. The van der Waals surface area contributed by atoms with Crippen molar-refractivity contribution < 1.29 is 17.2 Å². The van der Waals surface area contributed by atoms with E-state index in [-0.39, 0.29) is 35.0 Å². The minimum atomic E-state index is -3.13. The first-order valence-electron chi connectivity index (χ1n) is 6.31. The van der Waals surface area contributed by atoms with Crippen molar-refractivity contribution >= 4 is 15.5 Å². The van der Waals surface area contributed by atoms with Gasteiger partial charge in [-0.2, -0.15) is 5.10 Å². The predicted octanol–water partition coefficient (Wildman–Crippen LogP) is 1.85. The molecular formula is C13H15F2N3O2S. The number of rotatable bonds is 5. The number of aryl methyl sites for hydroxylation is 1. The molecule has 0 aliphatic heterocycles. The van der Waals surface area contributed by atoms with Crippen LogP contribution in [0.5, 0.6) is 0 Å². The zero-order chi connectivity index (χ0) is 15.6. The Balaban J connectivity index is 2.27. The van der Waals surface area contributed by atoms with Gasteiger partial charge in [-0.25, -0.2) is 17.2 Å². The molecule has 2 N–H and O–H groups in total. The molecule has 0 fully saturated rings. The summed E-state index contributed by atoms with van der Waals surface area (Å²) in [7, 11) is -3.13. The molecule has 1 heterocycles. The zero-order valence-corrected chi connectivity index (χ0v) is 12.2. The van der Waals surface area contributed by atoms with E-state index in [9.17, 15) is 17.2 Å². The molecule has 0 spiro atoms. The Bertz CT molecular complexity index is 757. The molecule has 0 unspecified atom stereocenters. The van der Waals surface area contributed by atoms with Gasteiger partial charge in [0.05, 0.1) is 18.0 Å². The second-order valence-corrected chi connectivity index (χ2v) is 7.03. The number of nitrogens with two attached hydrogens (primary N) is 1. The first kappa shape index (κ1) is 15.4. The third kappa shape index (κ3) is 3.57. The quantitative estimate of drug-likeness (QED) is 0.913. The number of nitrogen functional groups attached to an aromatic ring is 1. The van der Waals surface area contributed by atoms with Crippen LogP contribution in [-0.2, 0) is 16.4 Å². The lowest BCUT2D eigenvalue weighted by atomic mass is 10.1. The van der Waals surface area contributed by atoms with Crippen LogP contribution in [0, 0.1) is 11.6 Å². The largest absolute Gasteiger partial charge is 0.396 e. The lowest BCUT2D eigenvalue weighted by Crippen LogP contribution is -2.14. The van der Waals surface area contributed by atoms with Crippen molar-refractivity contribution in [2.45, 2.75) is 13.5 Å². The number of halogens is 2. The minimum Gasteiger partial charge on any atom is -0.396 e. The van der Waals surface area contributed by atoms with Crippen molar-refractivity contribution in [3.05, 3.63) is 36.0 Å². The van der Waals surface area contributed by atoms with E-state index in [2.05, 4.69) is 5.10 Å². The molecule has 0 saturated heterocycles. The number of aromatic nitrogens is 2. The normalized spacial score (nSPS) is 11.8. The van der Waals surface area contributed by atoms with Gasteiger partial charge in [-0.15, -0.1) is 0 Å². The highest BCUT2D eigenvalue weighted by Gasteiger charge is 2.15. The van der Waals surface area contributed by atoms with Crippen LogP contribution in [0.2, 0.25) is 0 Å². The molecule has 5 nitrogen and oxygen atoms in total. The molecular weight excluding hydrogens is 300 g/mol. The maximum atomic E-state index is 13.7. The first-order chi connectivity index (χ1) is 9.82. The van der Waals surface area contributed by atoms with Crippen LogP contribution in [-0.4, -0.2) is 29.7 Å². The number of nitrogens with zero attached hydrogens (tertiary/aromatic N) is 2. The summed E-state index contributed by atoms with van der Waals surface area (Å²) in [6.07, 6.45) is 1.43. The molecule has 0 saturated carbocycles. The predicted molar refractivity (Wildman–Crippen MR) is 76.3 cm³/mol. The molecule has 0 amide bonds. The molecule has 1 aromatic carbocycles. The average Bonchev–Trinajstić information content (AvgIpc) is 2.78. The van der Waals surface area contributed by atoms with Gasteiger partial charge < -0.3 is 5.73 Å². The number of sulfone groups is 1.